The molecule has 3 nitrogen and oxygen atoms in total. The van der Waals surface area contributed by atoms with Gasteiger partial charge in [0.05, 0.1) is 0 Å². The van der Waals surface area contributed by atoms with Gasteiger partial charge in [0, 0.05) is 29.2 Å². The fourth-order valence-corrected chi connectivity index (χ4v) is 2.80. The topological polar surface area (TPSA) is 51.8 Å². The summed E-state index contributed by atoms with van der Waals surface area (Å²) in [5.41, 5.74) is 8.10. The third kappa shape index (κ3) is 4.47. The number of nitrogens with two attached hydrogens (primary N) is 1. The molecule has 1 aromatic heterocycles. The number of benzene rings is 1. The van der Waals surface area contributed by atoms with Gasteiger partial charge in [0.15, 0.2) is 5.16 Å². The van der Waals surface area contributed by atoms with E-state index in [4.69, 9.17) is 17.3 Å². The van der Waals surface area contributed by atoms with Gasteiger partial charge in [-0.1, -0.05) is 48.5 Å². The fraction of sp³-hybridized carbons (Fsp3) is 0.333. The summed E-state index contributed by atoms with van der Waals surface area (Å²) >= 11 is 7.70. The molecule has 1 atom stereocenters. The molecule has 106 valence electrons. The van der Waals surface area contributed by atoms with Crippen LogP contribution in [0.1, 0.15) is 24.5 Å². The van der Waals surface area contributed by atoms with E-state index in [1.165, 1.54) is 0 Å². The second-order valence-corrected chi connectivity index (χ2v) is 5.98. The maximum absolute atomic E-state index is 6.12. The molecule has 1 heterocycles. The zero-order chi connectivity index (χ0) is 14.4. The van der Waals surface area contributed by atoms with Gasteiger partial charge in [0.2, 0.25) is 0 Å². The van der Waals surface area contributed by atoms with E-state index >= 15 is 0 Å². The summed E-state index contributed by atoms with van der Waals surface area (Å²) in [6.07, 6.45) is 5.50. The Bertz CT molecular complexity index is 545. The van der Waals surface area contributed by atoms with Crippen molar-refractivity contribution in [2.24, 2.45) is 5.73 Å². The Morgan fingerprint density at radius 2 is 1.95 bits per heavy atom. The lowest BCUT2D eigenvalue weighted by molar-refractivity contribution is 0.641. The smallest absolute Gasteiger partial charge is 0.187 e. The van der Waals surface area contributed by atoms with E-state index in [-0.39, 0.29) is 6.04 Å². The van der Waals surface area contributed by atoms with Crippen LogP contribution in [0, 0.1) is 0 Å². The van der Waals surface area contributed by atoms with E-state index in [9.17, 15) is 0 Å². The van der Waals surface area contributed by atoms with Gasteiger partial charge in [-0.3, -0.25) is 0 Å². The zero-order valence-electron chi connectivity index (χ0n) is 11.4. The number of hydrogen-bond acceptors (Lipinski definition) is 4. The van der Waals surface area contributed by atoms with Crippen molar-refractivity contribution >= 4 is 23.4 Å². The minimum absolute atomic E-state index is 0.181. The number of nitrogens with zero attached hydrogens (tertiary/aromatic N) is 2. The van der Waals surface area contributed by atoms with Gasteiger partial charge in [-0.2, -0.15) is 0 Å². The molecule has 20 heavy (non-hydrogen) atoms. The summed E-state index contributed by atoms with van der Waals surface area (Å²) in [5, 5.41) is 1.55. The molecule has 1 aromatic carbocycles. The molecule has 0 fully saturated rings. The lowest BCUT2D eigenvalue weighted by Crippen LogP contribution is -2.21. The minimum Gasteiger partial charge on any atom is -0.327 e. The van der Waals surface area contributed by atoms with Gasteiger partial charge in [-0.25, -0.2) is 9.97 Å². The Morgan fingerprint density at radius 3 is 2.60 bits per heavy atom. The van der Waals surface area contributed by atoms with Crippen LogP contribution in [0.25, 0.3) is 0 Å². The molecule has 0 saturated carbocycles. The molecule has 0 amide bonds. The highest BCUT2D eigenvalue weighted by Gasteiger charge is 2.05. The minimum atomic E-state index is 0.181. The molecule has 0 aliphatic rings. The van der Waals surface area contributed by atoms with Gasteiger partial charge in [0.25, 0.3) is 0 Å². The summed E-state index contributed by atoms with van der Waals surface area (Å²) in [6.45, 7) is 2.08. The molecular formula is C15H18ClN3S. The second-order valence-electron chi connectivity index (χ2n) is 4.63. The maximum atomic E-state index is 6.12. The molecule has 0 radical (unpaired) electrons. The number of rotatable bonds is 6. The largest absolute Gasteiger partial charge is 0.327 e. The highest BCUT2D eigenvalue weighted by atomic mass is 35.5. The van der Waals surface area contributed by atoms with E-state index in [0.717, 1.165) is 39.9 Å². The van der Waals surface area contributed by atoms with Crippen molar-refractivity contribution in [2.45, 2.75) is 36.7 Å². The molecule has 2 aromatic rings. The number of hydrogen-bond donors (Lipinski definition) is 1. The average molecular weight is 308 g/mol. The van der Waals surface area contributed by atoms with Gasteiger partial charge in [0.1, 0.15) is 0 Å². The molecule has 0 bridgehead atoms. The quantitative estimate of drug-likeness (QED) is 0.653. The van der Waals surface area contributed by atoms with Crippen molar-refractivity contribution in [1.82, 2.24) is 9.97 Å². The van der Waals surface area contributed by atoms with Crippen molar-refractivity contribution in [1.29, 1.82) is 0 Å². The summed E-state index contributed by atoms with van der Waals surface area (Å²) in [6, 6.07) is 8.01. The molecular weight excluding hydrogens is 290 g/mol. The van der Waals surface area contributed by atoms with Crippen molar-refractivity contribution in [3.05, 3.63) is 52.8 Å². The van der Waals surface area contributed by atoms with Crippen LogP contribution < -0.4 is 5.73 Å². The van der Waals surface area contributed by atoms with E-state index < -0.39 is 0 Å². The molecule has 2 rings (SSSR count). The van der Waals surface area contributed by atoms with Crippen molar-refractivity contribution < 1.29 is 0 Å². The summed E-state index contributed by atoms with van der Waals surface area (Å²) < 4.78 is 0. The zero-order valence-corrected chi connectivity index (χ0v) is 13.0. The third-order valence-corrected chi connectivity index (χ3v) is 4.31. The normalized spacial score (nSPS) is 12.3. The monoisotopic (exact) mass is 307 g/mol. The SMILES string of the molecule is CCC(N)Cc1cnc(SCc2ccccc2Cl)nc1. The van der Waals surface area contributed by atoms with E-state index in [1.807, 2.05) is 36.7 Å². The van der Waals surface area contributed by atoms with Crippen LogP contribution in [0.5, 0.6) is 0 Å². The average Bonchev–Trinajstić information content (AvgIpc) is 2.48. The fourth-order valence-electron chi connectivity index (χ4n) is 1.73. The predicted octanol–water partition coefficient (Wildman–Crippen LogP) is 3.70. The Kier molecular flexibility index (Phi) is 5.83. The lowest BCUT2D eigenvalue weighted by Gasteiger charge is -2.08. The standard InChI is InChI=1S/C15H18ClN3S/c1-2-13(17)7-11-8-18-15(19-9-11)20-10-12-5-3-4-6-14(12)16/h3-6,8-9,13H,2,7,10,17H2,1H3. The van der Waals surface area contributed by atoms with Gasteiger partial charge in [-0.15, -0.1) is 0 Å². The Labute approximate surface area is 129 Å². The predicted molar refractivity (Wildman–Crippen MR) is 85.0 cm³/mol. The van der Waals surface area contributed by atoms with Crippen LogP contribution in [0.4, 0.5) is 0 Å². The number of halogens is 1. The van der Waals surface area contributed by atoms with Gasteiger partial charge >= 0.3 is 0 Å². The molecule has 1 unspecified atom stereocenters. The van der Waals surface area contributed by atoms with Crippen LogP contribution in [0.2, 0.25) is 5.02 Å². The third-order valence-electron chi connectivity index (χ3n) is 3.02. The van der Waals surface area contributed by atoms with Crippen LogP contribution in [0.3, 0.4) is 0 Å². The summed E-state index contributed by atoms with van der Waals surface area (Å²) in [4.78, 5) is 8.73. The van der Waals surface area contributed by atoms with Crippen molar-refractivity contribution in [3.8, 4) is 0 Å². The lowest BCUT2D eigenvalue weighted by atomic mass is 10.1. The molecule has 5 heteroatoms. The van der Waals surface area contributed by atoms with Crippen LogP contribution in [-0.2, 0) is 12.2 Å². The molecule has 0 aliphatic carbocycles. The van der Waals surface area contributed by atoms with Crippen LogP contribution >= 0.6 is 23.4 Å². The highest BCUT2D eigenvalue weighted by Crippen LogP contribution is 2.24. The molecule has 0 aliphatic heterocycles. The van der Waals surface area contributed by atoms with Crippen molar-refractivity contribution in [3.63, 3.8) is 0 Å². The molecule has 0 spiro atoms. The van der Waals surface area contributed by atoms with E-state index in [1.54, 1.807) is 11.8 Å². The van der Waals surface area contributed by atoms with E-state index in [0.29, 0.717) is 0 Å². The second kappa shape index (κ2) is 7.62. The number of thioether (sulfide) groups is 1. The Balaban J connectivity index is 1.92. The Hall–Kier alpha value is -1.10. The first-order valence-corrected chi connectivity index (χ1v) is 7.98. The van der Waals surface area contributed by atoms with Gasteiger partial charge in [-0.05, 0) is 30.0 Å². The van der Waals surface area contributed by atoms with E-state index in [2.05, 4.69) is 16.9 Å². The van der Waals surface area contributed by atoms with Gasteiger partial charge < -0.3 is 5.73 Å². The molecule has 0 saturated heterocycles. The van der Waals surface area contributed by atoms with Crippen LogP contribution in [-0.4, -0.2) is 16.0 Å². The first kappa shape index (κ1) is 15.3. The van der Waals surface area contributed by atoms with Crippen molar-refractivity contribution in [2.75, 3.05) is 0 Å². The maximum Gasteiger partial charge on any atom is 0.187 e. The summed E-state index contributed by atoms with van der Waals surface area (Å²) in [5.74, 6) is 0.771. The highest BCUT2D eigenvalue weighted by molar-refractivity contribution is 7.98. The molecule has 2 N–H and O–H groups in total. The van der Waals surface area contributed by atoms with Crippen LogP contribution in [0.15, 0.2) is 41.8 Å². The first-order chi connectivity index (χ1) is 9.69. The number of aromatic nitrogens is 2. The first-order valence-electron chi connectivity index (χ1n) is 6.61. The summed E-state index contributed by atoms with van der Waals surface area (Å²) in [7, 11) is 0. The Morgan fingerprint density at radius 1 is 1.25 bits per heavy atom.